The number of carbonyl (C=O) groups is 1. The van der Waals surface area contributed by atoms with E-state index in [4.69, 9.17) is 0 Å². The zero-order valence-corrected chi connectivity index (χ0v) is 15.4. The second-order valence-corrected chi connectivity index (χ2v) is 6.81. The van der Waals surface area contributed by atoms with Gasteiger partial charge in [-0.3, -0.25) is 14.3 Å². The average molecular weight is 384 g/mol. The number of H-pyrrole nitrogens is 1. The van der Waals surface area contributed by atoms with Gasteiger partial charge < -0.3 is 15.2 Å². The number of fused-ring (bicyclic) bond motifs is 2. The molecule has 5 aromatic rings. The molecule has 0 aliphatic heterocycles. The summed E-state index contributed by atoms with van der Waals surface area (Å²) in [4.78, 5) is 24.1. The summed E-state index contributed by atoms with van der Waals surface area (Å²) in [6, 6.07) is 14.9. The Balaban J connectivity index is 1.84. The zero-order chi connectivity index (χ0) is 20.1. The van der Waals surface area contributed by atoms with E-state index in [1.807, 2.05) is 30.3 Å². The van der Waals surface area contributed by atoms with Crippen LogP contribution in [0.3, 0.4) is 0 Å². The van der Waals surface area contributed by atoms with Gasteiger partial charge in [0.1, 0.15) is 0 Å². The van der Waals surface area contributed by atoms with Crippen LogP contribution in [0.15, 0.2) is 61.1 Å². The van der Waals surface area contributed by atoms with Crippen molar-refractivity contribution in [2.75, 3.05) is 0 Å². The first-order valence-corrected chi connectivity index (χ1v) is 9.01. The van der Waals surface area contributed by atoms with Crippen LogP contribution >= 0.6 is 0 Å². The maximum atomic E-state index is 12.4. The van der Waals surface area contributed by atoms with Crippen LogP contribution in [0, 0.1) is 0 Å². The maximum Gasteiger partial charge on any atom is 0.240 e. The number of Topliss-reactive ketones (excluding diaryl/α,β-unsaturated/α-hetero) is 1. The molecule has 7 nitrogen and oxygen atoms in total. The molecule has 142 valence electrons. The number of benzene rings is 2. The van der Waals surface area contributed by atoms with E-state index in [1.54, 1.807) is 30.7 Å². The van der Waals surface area contributed by atoms with Crippen molar-refractivity contribution in [3.05, 3.63) is 66.6 Å². The van der Waals surface area contributed by atoms with Gasteiger partial charge in [-0.1, -0.05) is 18.2 Å². The minimum atomic E-state index is -0.453. The van der Waals surface area contributed by atoms with E-state index in [2.05, 4.69) is 15.0 Å². The Labute approximate surface area is 164 Å². The Morgan fingerprint density at radius 2 is 1.86 bits per heavy atom. The molecule has 0 saturated heterocycles. The molecule has 3 aromatic heterocycles. The van der Waals surface area contributed by atoms with Gasteiger partial charge in [0.2, 0.25) is 5.88 Å². The summed E-state index contributed by atoms with van der Waals surface area (Å²) in [5.74, 6) is -1.22. The zero-order valence-electron chi connectivity index (χ0n) is 15.4. The summed E-state index contributed by atoms with van der Waals surface area (Å²) in [5.41, 5.74) is 3.95. The largest absolute Gasteiger partial charge is 0.503 e. The van der Waals surface area contributed by atoms with E-state index < -0.39 is 11.6 Å². The molecule has 0 saturated carbocycles. The first kappa shape index (κ1) is 17.0. The van der Waals surface area contributed by atoms with Crippen molar-refractivity contribution in [3.63, 3.8) is 0 Å². The summed E-state index contributed by atoms with van der Waals surface area (Å²) in [6.07, 6.45) is 3.21. The summed E-state index contributed by atoms with van der Waals surface area (Å²) < 4.78 is 1.46. The first-order chi connectivity index (χ1) is 14.0. The third-order valence-electron chi connectivity index (χ3n) is 5.00. The topological polar surface area (TPSA) is 104 Å². The van der Waals surface area contributed by atoms with Crippen molar-refractivity contribution < 1.29 is 15.0 Å². The fourth-order valence-corrected chi connectivity index (χ4v) is 3.67. The number of pyridine rings is 1. The SMILES string of the molecule is CC(=O)c1c(O)c(O)n(-c2ccc3nc[nH]c3c2)c1-c1cnc2ccccc2c1. The highest BCUT2D eigenvalue weighted by atomic mass is 16.3. The van der Waals surface area contributed by atoms with Gasteiger partial charge in [0.15, 0.2) is 11.5 Å². The number of nitrogens with zero attached hydrogens (tertiary/aromatic N) is 3. The summed E-state index contributed by atoms with van der Waals surface area (Å²) in [7, 11) is 0. The number of nitrogens with one attached hydrogen (secondary N) is 1. The average Bonchev–Trinajstić information content (AvgIpc) is 3.29. The Hall–Kier alpha value is -4.13. The van der Waals surface area contributed by atoms with Crippen LogP contribution < -0.4 is 0 Å². The van der Waals surface area contributed by atoms with Crippen molar-refractivity contribution in [2.45, 2.75) is 6.92 Å². The number of carbonyl (C=O) groups excluding carboxylic acids is 1. The number of ketones is 1. The number of hydrogen-bond donors (Lipinski definition) is 3. The Bertz CT molecular complexity index is 1410. The third-order valence-corrected chi connectivity index (χ3v) is 5.00. The number of hydrogen-bond acceptors (Lipinski definition) is 5. The lowest BCUT2D eigenvalue weighted by Crippen LogP contribution is -2.01. The standard InChI is InChI=1S/C22H16N4O3/c1-12(27)19-20(14-8-13-4-2-3-5-16(13)23-10-14)26(22(29)21(19)28)15-6-7-17-18(9-15)25-11-24-17/h2-11,28-29H,1H3,(H,24,25). The van der Waals surface area contributed by atoms with Crippen molar-refractivity contribution in [3.8, 4) is 28.6 Å². The number of aromatic hydroxyl groups is 2. The molecule has 29 heavy (non-hydrogen) atoms. The number of aromatic nitrogens is 4. The van der Waals surface area contributed by atoms with Crippen molar-refractivity contribution >= 4 is 27.7 Å². The number of aromatic amines is 1. The first-order valence-electron chi connectivity index (χ1n) is 9.01. The predicted molar refractivity (Wildman–Crippen MR) is 109 cm³/mol. The quantitative estimate of drug-likeness (QED) is 0.405. The molecule has 0 aliphatic carbocycles. The third kappa shape index (κ3) is 2.55. The number of para-hydroxylation sites is 1. The van der Waals surface area contributed by atoms with Crippen LogP contribution in [0.25, 0.3) is 38.9 Å². The van der Waals surface area contributed by atoms with Crippen LogP contribution in [-0.4, -0.2) is 35.5 Å². The Morgan fingerprint density at radius 1 is 1.03 bits per heavy atom. The second kappa shape index (κ2) is 6.20. The van der Waals surface area contributed by atoms with Crippen LogP contribution in [0.1, 0.15) is 17.3 Å². The van der Waals surface area contributed by atoms with Crippen molar-refractivity contribution in [2.24, 2.45) is 0 Å². The van der Waals surface area contributed by atoms with Gasteiger partial charge in [-0.25, -0.2) is 4.98 Å². The minimum absolute atomic E-state index is 0.0456. The van der Waals surface area contributed by atoms with Crippen LogP contribution in [0.2, 0.25) is 0 Å². The maximum absolute atomic E-state index is 12.4. The van der Waals surface area contributed by atoms with Gasteiger partial charge in [0.05, 0.1) is 39.8 Å². The van der Waals surface area contributed by atoms with E-state index in [1.165, 1.54) is 11.5 Å². The molecule has 0 radical (unpaired) electrons. The monoisotopic (exact) mass is 384 g/mol. The molecule has 2 aromatic carbocycles. The van der Waals surface area contributed by atoms with Gasteiger partial charge in [-0.15, -0.1) is 0 Å². The molecular weight excluding hydrogens is 368 g/mol. The molecule has 0 amide bonds. The molecular formula is C22H16N4O3. The lowest BCUT2D eigenvalue weighted by Gasteiger charge is -2.12. The Kier molecular flexibility index (Phi) is 3.64. The van der Waals surface area contributed by atoms with Crippen molar-refractivity contribution in [1.82, 2.24) is 19.5 Å². The second-order valence-electron chi connectivity index (χ2n) is 6.81. The summed E-state index contributed by atoms with van der Waals surface area (Å²) >= 11 is 0. The fourth-order valence-electron chi connectivity index (χ4n) is 3.67. The molecule has 0 atom stereocenters. The molecule has 0 fully saturated rings. The van der Waals surface area contributed by atoms with E-state index in [0.29, 0.717) is 16.9 Å². The van der Waals surface area contributed by atoms with Crippen LogP contribution in [0.4, 0.5) is 0 Å². The molecule has 3 heterocycles. The Morgan fingerprint density at radius 3 is 2.69 bits per heavy atom. The van der Waals surface area contributed by atoms with E-state index in [-0.39, 0.29) is 11.3 Å². The molecule has 7 heteroatoms. The molecule has 0 spiro atoms. The molecule has 0 bridgehead atoms. The van der Waals surface area contributed by atoms with Gasteiger partial charge in [0.25, 0.3) is 0 Å². The molecule has 0 aliphatic rings. The molecule has 5 rings (SSSR count). The number of imidazole rings is 1. The van der Waals surface area contributed by atoms with Crippen molar-refractivity contribution in [1.29, 1.82) is 0 Å². The molecule has 0 unspecified atom stereocenters. The minimum Gasteiger partial charge on any atom is -0.503 e. The smallest absolute Gasteiger partial charge is 0.240 e. The summed E-state index contributed by atoms with van der Waals surface area (Å²) in [5, 5.41) is 22.1. The number of rotatable bonds is 3. The predicted octanol–water partition coefficient (Wildman–Crippen LogP) is 4.18. The molecule has 3 N–H and O–H groups in total. The summed E-state index contributed by atoms with van der Waals surface area (Å²) in [6.45, 7) is 1.36. The highest BCUT2D eigenvalue weighted by molar-refractivity contribution is 6.05. The van der Waals surface area contributed by atoms with Gasteiger partial charge in [0, 0.05) is 17.1 Å². The van der Waals surface area contributed by atoms with Crippen LogP contribution in [-0.2, 0) is 0 Å². The highest BCUT2D eigenvalue weighted by Gasteiger charge is 2.27. The van der Waals surface area contributed by atoms with Gasteiger partial charge in [-0.05, 0) is 37.3 Å². The van der Waals surface area contributed by atoms with E-state index >= 15 is 0 Å². The van der Waals surface area contributed by atoms with Crippen LogP contribution in [0.5, 0.6) is 11.6 Å². The van der Waals surface area contributed by atoms with Gasteiger partial charge in [-0.2, -0.15) is 0 Å². The van der Waals surface area contributed by atoms with Gasteiger partial charge >= 0.3 is 0 Å². The lowest BCUT2D eigenvalue weighted by molar-refractivity contribution is 0.101. The normalized spacial score (nSPS) is 11.3. The fraction of sp³-hybridized carbons (Fsp3) is 0.0455. The van der Waals surface area contributed by atoms with E-state index in [0.717, 1.165) is 21.9 Å². The highest BCUT2D eigenvalue weighted by Crippen LogP contribution is 2.43. The van der Waals surface area contributed by atoms with E-state index in [9.17, 15) is 15.0 Å². The lowest BCUT2D eigenvalue weighted by atomic mass is 10.0.